The van der Waals surface area contributed by atoms with Crippen LogP contribution in [0.3, 0.4) is 0 Å². The molecule has 226 valence electrons. The van der Waals surface area contributed by atoms with Gasteiger partial charge in [0.25, 0.3) is 0 Å². The maximum atomic E-state index is 13.5. The summed E-state index contributed by atoms with van der Waals surface area (Å²) in [6.45, 7) is 1.87. The van der Waals surface area contributed by atoms with Crippen LogP contribution in [0.15, 0.2) is 48.5 Å². The van der Waals surface area contributed by atoms with E-state index in [4.69, 9.17) is 9.63 Å². The van der Waals surface area contributed by atoms with Crippen molar-refractivity contribution in [3.05, 3.63) is 54.1 Å². The largest absolute Gasteiger partial charge is 0.388 e. The molecule has 3 N–H and O–H groups in total. The number of aliphatic hydroxyl groups excluding tert-OH is 1. The third-order valence-electron chi connectivity index (χ3n) is 6.83. The van der Waals surface area contributed by atoms with E-state index in [0.717, 1.165) is 40.4 Å². The van der Waals surface area contributed by atoms with Crippen molar-refractivity contribution in [2.75, 3.05) is 37.9 Å². The van der Waals surface area contributed by atoms with Gasteiger partial charge in [0, 0.05) is 50.8 Å². The lowest BCUT2D eigenvalue weighted by Gasteiger charge is -2.28. The van der Waals surface area contributed by atoms with Gasteiger partial charge < -0.3 is 29.5 Å². The molecule has 42 heavy (non-hydrogen) atoms. The monoisotopic (exact) mass is 599 g/mol. The molecule has 0 radical (unpaired) electrons. The summed E-state index contributed by atoms with van der Waals surface area (Å²) in [5.74, 6) is -0.117. The Balaban J connectivity index is 1.23. The van der Waals surface area contributed by atoms with Crippen LogP contribution >= 0.6 is 7.60 Å². The second-order valence-electron chi connectivity index (χ2n) is 10.3. The quantitative estimate of drug-likeness (QED) is 0.187. The van der Waals surface area contributed by atoms with Crippen molar-refractivity contribution in [3.8, 4) is 22.5 Å². The zero-order chi connectivity index (χ0) is 30.1. The standard InChI is InChI=1S/C29H38N5O7P/c1-33-29-23-11-4-3-10-21(23)18-34(25-13-6-5-12-24(25)28(29)31-32-33)27(37)15-8-7-14-26(36)30-16-9-17-40-19-22(35)20-41-42(2,38)39/h3-6,10-13,22,35H,7-9,14-20H2,1-2H3,(H,30,36)(H,38,39). The fraction of sp³-hybridized carbons (Fsp3) is 0.448. The first-order chi connectivity index (χ1) is 20.1. The van der Waals surface area contributed by atoms with E-state index in [1.165, 1.54) is 0 Å². The molecule has 4 rings (SSSR count). The molecule has 0 aliphatic carbocycles. The van der Waals surface area contributed by atoms with Gasteiger partial charge in [-0.05, 0) is 30.9 Å². The molecule has 0 bridgehead atoms. The number of carbonyl (C=O) groups excluding carboxylic acids is 2. The van der Waals surface area contributed by atoms with Gasteiger partial charge in [0.1, 0.15) is 11.8 Å². The molecule has 1 aliphatic rings. The van der Waals surface area contributed by atoms with Crippen molar-refractivity contribution in [3.63, 3.8) is 0 Å². The highest BCUT2D eigenvalue weighted by Crippen LogP contribution is 2.41. The average molecular weight is 600 g/mol. The Morgan fingerprint density at radius 2 is 1.76 bits per heavy atom. The molecule has 12 nitrogen and oxygen atoms in total. The number of amides is 2. The Bertz CT molecular complexity index is 1420. The number of aryl methyl sites for hydroxylation is 1. The Labute approximate surface area is 245 Å². The van der Waals surface area contributed by atoms with Crippen LogP contribution in [0.25, 0.3) is 22.5 Å². The fourth-order valence-corrected chi connectivity index (χ4v) is 5.24. The first kappa shape index (κ1) is 31.5. The van der Waals surface area contributed by atoms with E-state index in [0.29, 0.717) is 51.8 Å². The Hall–Kier alpha value is -3.41. The van der Waals surface area contributed by atoms with Crippen LogP contribution in [-0.4, -0.2) is 75.9 Å². The minimum Gasteiger partial charge on any atom is -0.388 e. The SMILES string of the molecule is Cn1nnc2c1-c1ccccc1CN(C(=O)CCCCC(=O)NCCCOCC(O)COP(C)(=O)O)c1ccccc1-2. The van der Waals surface area contributed by atoms with Crippen molar-refractivity contribution in [2.24, 2.45) is 7.05 Å². The number of aromatic nitrogens is 3. The molecule has 2 amide bonds. The normalized spacial score (nSPS) is 14.5. The molecule has 2 heterocycles. The maximum Gasteiger partial charge on any atom is 0.325 e. The van der Waals surface area contributed by atoms with Crippen LogP contribution in [0.1, 0.15) is 37.7 Å². The summed E-state index contributed by atoms with van der Waals surface area (Å²) >= 11 is 0. The number of rotatable bonds is 14. The molecule has 0 fully saturated rings. The lowest BCUT2D eigenvalue weighted by atomic mass is 9.95. The van der Waals surface area contributed by atoms with Crippen molar-refractivity contribution in [1.29, 1.82) is 0 Å². The summed E-state index contributed by atoms with van der Waals surface area (Å²) in [7, 11) is -1.76. The molecular weight excluding hydrogens is 561 g/mol. The van der Waals surface area contributed by atoms with Crippen LogP contribution in [0.4, 0.5) is 5.69 Å². The number of ether oxygens (including phenoxy) is 1. The molecule has 1 aliphatic heterocycles. The third-order valence-corrected chi connectivity index (χ3v) is 7.46. The van der Waals surface area contributed by atoms with E-state index < -0.39 is 13.7 Å². The number of anilines is 1. The maximum absolute atomic E-state index is 13.5. The first-order valence-corrected chi connectivity index (χ1v) is 16.0. The second-order valence-corrected chi connectivity index (χ2v) is 12.2. The van der Waals surface area contributed by atoms with Gasteiger partial charge in [-0.2, -0.15) is 0 Å². The average Bonchev–Trinajstić information content (AvgIpc) is 3.34. The molecule has 2 atom stereocenters. The highest BCUT2D eigenvalue weighted by atomic mass is 31.2. The topological polar surface area (TPSA) is 156 Å². The van der Waals surface area contributed by atoms with Crippen LogP contribution < -0.4 is 10.2 Å². The van der Waals surface area contributed by atoms with Crippen molar-refractivity contribution in [2.45, 2.75) is 44.8 Å². The first-order valence-electron chi connectivity index (χ1n) is 14.0. The number of fused-ring (bicyclic) bond motifs is 5. The van der Waals surface area contributed by atoms with Gasteiger partial charge in [0.05, 0.1) is 31.1 Å². The summed E-state index contributed by atoms with van der Waals surface area (Å²) in [4.78, 5) is 36.6. The number of nitrogens with zero attached hydrogens (tertiary/aromatic N) is 4. The van der Waals surface area contributed by atoms with E-state index in [2.05, 4.69) is 20.2 Å². The number of carbonyl (C=O) groups is 2. The van der Waals surface area contributed by atoms with E-state index in [1.807, 2.05) is 55.6 Å². The molecule has 0 spiro atoms. The Morgan fingerprint density at radius 3 is 2.55 bits per heavy atom. The van der Waals surface area contributed by atoms with Crippen molar-refractivity contribution in [1.82, 2.24) is 20.3 Å². The van der Waals surface area contributed by atoms with Gasteiger partial charge in [0.15, 0.2) is 0 Å². The molecule has 2 unspecified atom stereocenters. The predicted molar refractivity (Wildman–Crippen MR) is 158 cm³/mol. The van der Waals surface area contributed by atoms with Gasteiger partial charge in [-0.1, -0.05) is 47.7 Å². The lowest BCUT2D eigenvalue weighted by molar-refractivity contribution is -0.122. The Morgan fingerprint density at radius 1 is 1.05 bits per heavy atom. The van der Waals surface area contributed by atoms with Crippen LogP contribution in [0, 0.1) is 0 Å². The zero-order valence-corrected chi connectivity index (χ0v) is 24.8. The zero-order valence-electron chi connectivity index (χ0n) is 23.9. The van der Waals surface area contributed by atoms with Gasteiger partial charge in [-0.25, -0.2) is 4.68 Å². The van der Waals surface area contributed by atoms with E-state index >= 15 is 0 Å². The predicted octanol–water partition coefficient (Wildman–Crippen LogP) is 3.27. The summed E-state index contributed by atoms with van der Waals surface area (Å²) in [5.41, 5.74) is 5.30. The number of benzene rings is 2. The Kier molecular flexibility index (Phi) is 11.0. The van der Waals surface area contributed by atoms with Gasteiger partial charge >= 0.3 is 7.60 Å². The summed E-state index contributed by atoms with van der Waals surface area (Å²) in [6.07, 6.45) is 1.31. The fourth-order valence-electron chi connectivity index (χ4n) is 4.80. The number of nitrogens with one attached hydrogen (secondary N) is 1. The van der Waals surface area contributed by atoms with E-state index in [1.54, 1.807) is 9.58 Å². The second kappa shape index (κ2) is 14.7. The number of aliphatic hydroxyl groups is 1. The molecular formula is C29H38N5O7P. The van der Waals surface area contributed by atoms with Gasteiger partial charge in [-0.3, -0.25) is 14.2 Å². The molecule has 0 saturated heterocycles. The molecule has 2 aromatic carbocycles. The molecule has 0 saturated carbocycles. The lowest BCUT2D eigenvalue weighted by Crippen LogP contribution is -2.31. The van der Waals surface area contributed by atoms with E-state index in [9.17, 15) is 19.3 Å². The highest BCUT2D eigenvalue weighted by Gasteiger charge is 2.28. The molecule has 1 aromatic heterocycles. The van der Waals surface area contributed by atoms with Crippen LogP contribution in [0.5, 0.6) is 0 Å². The van der Waals surface area contributed by atoms with Crippen molar-refractivity contribution < 1.29 is 33.4 Å². The summed E-state index contributed by atoms with van der Waals surface area (Å²) < 4.78 is 22.8. The minimum atomic E-state index is -3.63. The van der Waals surface area contributed by atoms with Crippen molar-refractivity contribution >= 4 is 25.1 Å². The summed E-state index contributed by atoms with van der Waals surface area (Å²) in [6, 6.07) is 15.7. The minimum absolute atomic E-state index is 0.0181. The molecule has 3 aromatic rings. The smallest absolute Gasteiger partial charge is 0.325 e. The summed E-state index contributed by atoms with van der Waals surface area (Å²) in [5, 5.41) is 21.2. The van der Waals surface area contributed by atoms with Gasteiger partial charge in [0.2, 0.25) is 11.8 Å². The number of para-hydroxylation sites is 1. The number of hydrogen-bond donors (Lipinski definition) is 3. The molecule has 13 heteroatoms. The van der Waals surface area contributed by atoms with E-state index in [-0.39, 0.29) is 25.0 Å². The van der Waals surface area contributed by atoms with Crippen LogP contribution in [-0.2, 0) is 37.0 Å². The number of hydrogen-bond acceptors (Lipinski definition) is 8. The third kappa shape index (κ3) is 8.56. The number of unbranched alkanes of at least 4 members (excludes halogenated alkanes) is 1. The van der Waals surface area contributed by atoms with Gasteiger partial charge in [-0.15, -0.1) is 5.10 Å². The van der Waals surface area contributed by atoms with Crippen LogP contribution in [0.2, 0.25) is 0 Å². The highest BCUT2D eigenvalue weighted by molar-refractivity contribution is 7.51.